The number of para-hydroxylation sites is 2. The quantitative estimate of drug-likeness (QED) is 0.530. The molecular weight excluding hydrogens is 384 g/mol. The lowest BCUT2D eigenvalue weighted by molar-refractivity contribution is -0.118. The number of hydrogen-bond acceptors (Lipinski definition) is 4. The van der Waals surface area contributed by atoms with Crippen LogP contribution in [0.25, 0.3) is 0 Å². The first-order chi connectivity index (χ1) is 14.1. The SMILES string of the molecule is Cc1ccccc1NC(=O)CSc1cccc(NC(=O)COc2ccccc2)c1. The summed E-state index contributed by atoms with van der Waals surface area (Å²) >= 11 is 1.41. The second-order valence-corrected chi connectivity index (χ2v) is 7.38. The Morgan fingerprint density at radius 2 is 1.62 bits per heavy atom. The summed E-state index contributed by atoms with van der Waals surface area (Å²) in [5.74, 6) is 0.609. The first-order valence-electron chi connectivity index (χ1n) is 9.16. The maximum Gasteiger partial charge on any atom is 0.262 e. The molecule has 2 amide bonds. The Bertz CT molecular complexity index is 977. The topological polar surface area (TPSA) is 67.4 Å². The number of carbonyl (C=O) groups is 2. The van der Waals surface area contributed by atoms with Gasteiger partial charge in [0.1, 0.15) is 5.75 Å². The maximum absolute atomic E-state index is 12.2. The van der Waals surface area contributed by atoms with E-state index in [1.807, 2.05) is 67.6 Å². The van der Waals surface area contributed by atoms with Gasteiger partial charge in [0.05, 0.1) is 5.75 Å². The third-order valence-electron chi connectivity index (χ3n) is 4.02. The molecule has 29 heavy (non-hydrogen) atoms. The number of carbonyl (C=O) groups excluding carboxylic acids is 2. The molecule has 0 aliphatic carbocycles. The van der Waals surface area contributed by atoms with E-state index in [2.05, 4.69) is 10.6 Å². The molecule has 0 spiro atoms. The number of ether oxygens (including phenoxy) is 1. The molecule has 0 aliphatic rings. The zero-order valence-corrected chi connectivity index (χ0v) is 16.9. The highest BCUT2D eigenvalue weighted by molar-refractivity contribution is 8.00. The molecule has 0 heterocycles. The van der Waals surface area contributed by atoms with Crippen molar-refractivity contribution in [3.63, 3.8) is 0 Å². The lowest BCUT2D eigenvalue weighted by atomic mass is 10.2. The molecule has 3 rings (SSSR count). The van der Waals surface area contributed by atoms with Gasteiger partial charge in [-0.2, -0.15) is 0 Å². The lowest BCUT2D eigenvalue weighted by Crippen LogP contribution is -2.20. The van der Waals surface area contributed by atoms with Gasteiger partial charge >= 0.3 is 0 Å². The average Bonchev–Trinajstić information content (AvgIpc) is 2.73. The normalized spacial score (nSPS) is 10.2. The summed E-state index contributed by atoms with van der Waals surface area (Å²) in [6.07, 6.45) is 0. The summed E-state index contributed by atoms with van der Waals surface area (Å²) in [7, 11) is 0. The number of aryl methyl sites for hydroxylation is 1. The van der Waals surface area contributed by atoms with Crippen LogP contribution in [0.1, 0.15) is 5.56 Å². The Balaban J connectivity index is 1.48. The molecule has 0 atom stereocenters. The molecule has 0 saturated carbocycles. The van der Waals surface area contributed by atoms with E-state index in [0.717, 1.165) is 16.1 Å². The second-order valence-electron chi connectivity index (χ2n) is 6.33. The highest BCUT2D eigenvalue weighted by Gasteiger charge is 2.07. The van der Waals surface area contributed by atoms with Crippen LogP contribution < -0.4 is 15.4 Å². The van der Waals surface area contributed by atoms with Crippen LogP contribution in [-0.4, -0.2) is 24.2 Å². The van der Waals surface area contributed by atoms with E-state index in [1.165, 1.54) is 11.8 Å². The van der Waals surface area contributed by atoms with Gasteiger partial charge in [-0.1, -0.05) is 42.5 Å². The molecule has 0 bridgehead atoms. The number of benzene rings is 3. The summed E-state index contributed by atoms with van der Waals surface area (Å²) in [4.78, 5) is 25.2. The summed E-state index contributed by atoms with van der Waals surface area (Å²) < 4.78 is 5.45. The molecule has 0 unspecified atom stereocenters. The fraction of sp³-hybridized carbons (Fsp3) is 0.130. The van der Waals surface area contributed by atoms with E-state index >= 15 is 0 Å². The number of anilines is 2. The van der Waals surface area contributed by atoms with E-state index in [-0.39, 0.29) is 24.2 Å². The van der Waals surface area contributed by atoms with Gasteiger partial charge in [0.15, 0.2) is 6.61 Å². The molecule has 6 heteroatoms. The van der Waals surface area contributed by atoms with Gasteiger partial charge < -0.3 is 15.4 Å². The van der Waals surface area contributed by atoms with Crippen molar-refractivity contribution in [3.05, 3.63) is 84.4 Å². The fourth-order valence-corrected chi connectivity index (χ4v) is 3.33. The predicted octanol–water partition coefficient (Wildman–Crippen LogP) is 4.74. The molecule has 2 N–H and O–H groups in total. The lowest BCUT2D eigenvalue weighted by Gasteiger charge is -2.10. The van der Waals surface area contributed by atoms with Crippen molar-refractivity contribution in [1.29, 1.82) is 0 Å². The molecule has 0 aromatic heterocycles. The van der Waals surface area contributed by atoms with E-state index in [4.69, 9.17) is 4.74 Å². The van der Waals surface area contributed by atoms with Crippen molar-refractivity contribution in [2.75, 3.05) is 23.0 Å². The zero-order chi connectivity index (χ0) is 20.5. The number of thioether (sulfide) groups is 1. The minimum atomic E-state index is -0.242. The van der Waals surface area contributed by atoms with Crippen molar-refractivity contribution in [1.82, 2.24) is 0 Å². The number of rotatable bonds is 8. The molecule has 3 aromatic carbocycles. The van der Waals surface area contributed by atoms with Crippen LogP contribution >= 0.6 is 11.8 Å². The van der Waals surface area contributed by atoms with E-state index in [0.29, 0.717) is 11.4 Å². The van der Waals surface area contributed by atoms with Crippen molar-refractivity contribution in [2.45, 2.75) is 11.8 Å². The zero-order valence-electron chi connectivity index (χ0n) is 16.1. The molecule has 148 valence electrons. The largest absolute Gasteiger partial charge is 0.484 e. The van der Waals surface area contributed by atoms with Gasteiger partial charge in [0, 0.05) is 16.3 Å². The molecule has 0 aliphatic heterocycles. The predicted molar refractivity (Wildman–Crippen MR) is 118 cm³/mol. The van der Waals surface area contributed by atoms with Gasteiger partial charge in [-0.25, -0.2) is 0 Å². The molecule has 0 radical (unpaired) electrons. The third kappa shape index (κ3) is 6.69. The fourth-order valence-electron chi connectivity index (χ4n) is 2.57. The van der Waals surface area contributed by atoms with Crippen molar-refractivity contribution >= 4 is 35.0 Å². The molecular formula is C23H22N2O3S. The van der Waals surface area contributed by atoms with Crippen LogP contribution in [0.5, 0.6) is 5.75 Å². The van der Waals surface area contributed by atoms with Crippen LogP contribution in [0, 0.1) is 6.92 Å². The van der Waals surface area contributed by atoms with Crippen LogP contribution in [0.2, 0.25) is 0 Å². The van der Waals surface area contributed by atoms with Crippen molar-refractivity contribution in [3.8, 4) is 5.75 Å². The summed E-state index contributed by atoms with van der Waals surface area (Å²) in [5.41, 5.74) is 2.50. The Hall–Kier alpha value is -3.25. The first kappa shape index (κ1) is 20.5. The molecule has 0 fully saturated rings. The van der Waals surface area contributed by atoms with Crippen molar-refractivity contribution in [2.24, 2.45) is 0 Å². The monoisotopic (exact) mass is 406 g/mol. The summed E-state index contributed by atoms with van der Waals surface area (Å²) in [6, 6.07) is 24.2. The molecule has 0 saturated heterocycles. The molecule has 3 aromatic rings. The van der Waals surface area contributed by atoms with Gasteiger partial charge in [-0.05, 0) is 48.9 Å². The van der Waals surface area contributed by atoms with Crippen LogP contribution in [0.15, 0.2) is 83.8 Å². The van der Waals surface area contributed by atoms with E-state index in [1.54, 1.807) is 18.2 Å². The van der Waals surface area contributed by atoms with Crippen LogP contribution in [-0.2, 0) is 9.59 Å². The maximum atomic E-state index is 12.2. The average molecular weight is 407 g/mol. The smallest absolute Gasteiger partial charge is 0.262 e. The first-order valence-corrected chi connectivity index (χ1v) is 10.1. The highest BCUT2D eigenvalue weighted by Crippen LogP contribution is 2.22. The van der Waals surface area contributed by atoms with Crippen molar-refractivity contribution < 1.29 is 14.3 Å². The van der Waals surface area contributed by atoms with Crippen LogP contribution in [0.3, 0.4) is 0 Å². The Morgan fingerprint density at radius 3 is 2.41 bits per heavy atom. The van der Waals surface area contributed by atoms with Gasteiger partial charge in [0.2, 0.25) is 5.91 Å². The van der Waals surface area contributed by atoms with Gasteiger partial charge in [0.25, 0.3) is 5.91 Å². The number of nitrogens with one attached hydrogen (secondary N) is 2. The van der Waals surface area contributed by atoms with Gasteiger partial charge in [-0.3, -0.25) is 9.59 Å². The number of amides is 2. The molecule has 5 nitrogen and oxygen atoms in total. The summed E-state index contributed by atoms with van der Waals surface area (Å²) in [6.45, 7) is 1.89. The Morgan fingerprint density at radius 1 is 0.862 bits per heavy atom. The minimum Gasteiger partial charge on any atom is -0.484 e. The van der Waals surface area contributed by atoms with E-state index < -0.39 is 0 Å². The van der Waals surface area contributed by atoms with E-state index in [9.17, 15) is 9.59 Å². The minimum absolute atomic E-state index is 0.0692. The second kappa shape index (κ2) is 10.3. The number of hydrogen-bond donors (Lipinski definition) is 2. The van der Waals surface area contributed by atoms with Crippen LogP contribution in [0.4, 0.5) is 11.4 Å². The standard InChI is InChI=1S/C23H22N2O3S/c1-17-8-5-6-13-21(17)25-23(27)16-29-20-12-7-9-18(14-20)24-22(26)15-28-19-10-3-2-4-11-19/h2-14H,15-16H2,1H3,(H,24,26)(H,25,27). The summed E-state index contributed by atoms with van der Waals surface area (Å²) in [5, 5.41) is 5.72. The Kier molecular flexibility index (Phi) is 7.30. The third-order valence-corrected chi connectivity index (χ3v) is 5.01. The van der Waals surface area contributed by atoms with Gasteiger partial charge in [-0.15, -0.1) is 11.8 Å². The highest BCUT2D eigenvalue weighted by atomic mass is 32.2. The Labute approximate surface area is 174 Å².